The Hall–Kier alpha value is -1.98. The molecule has 1 aromatic carbocycles. The normalized spacial score (nSPS) is 15.3. The predicted octanol–water partition coefficient (Wildman–Crippen LogP) is 3.42. The maximum atomic E-state index is 11.7. The molecule has 1 aliphatic rings. The van der Waals surface area contributed by atoms with E-state index in [2.05, 4.69) is 9.97 Å². The molecule has 0 bridgehead atoms. The molecule has 3 rings (SSSR count). The maximum absolute atomic E-state index is 11.7. The van der Waals surface area contributed by atoms with Crippen LogP contribution in [-0.4, -0.2) is 27.7 Å². The number of hydrogen-bond donors (Lipinski definition) is 1. The Morgan fingerprint density at radius 3 is 2.83 bits per heavy atom. The van der Waals surface area contributed by atoms with E-state index in [1.54, 1.807) is 19.1 Å². The maximum Gasteiger partial charge on any atom is 0.357 e. The molecule has 2 aromatic rings. The van der Waals surface area contributed by atoms with Crippen molar-refractivity contribution in [2.75, 3.05) is 6.61 Å². The third-order valence-corrected chi connectivity index (χ3v) is 4.16. The van der Waals surface area contributed by atoms with Crippen LogP contribution in [0.3, 0.4) is 0 Å². The van der Waals surface area contributed by atoms with Crippen molar-refractivity contribution in [2.45, 2.75) is 25.9 Å². The fourth-order valence-corrected chi connectivity index (χ4v) is 2.72. The lowest BCUT2D eigenvalue weighted by molar-refractivity contribution is 0.0519. The van der Waals surface area contributed by atoms with Crippen LogP contribution in [-0.2, 0) is 4.74 Å². The molecule has 0 saturated heterocycles. The summed E-state index contributed by atoms with van der Waals surface area (Å²) in [5.41, 5.74) is 2.28. The molecule has 1 aromatic heterocycles. The van der Waals surface area contributed by atoms with E-state index >= 15 is 0 Å². The van der Waals surface area contributed by atoms with Crippen molar-refractivity contribution in [3.63, 3.8) is 0 Å². The molecule has 0 amide bonds. The Balaban J connectivity index is 1.88. The minimum absolute atomic E-state index is 0.204. The van der Waals surface area contributed by atoms with Crippen LogP contribution in [0.5, 0.6) is 0 Å². The van der Waals surface area contributed by atoms with E-state index < -0.39 is 12.1 Å². The van der Waals surface area contributed by atoms with Crippen LogP contribution >= 0.6 is 11.6 Å². The summed E-state index contributed by atoms with van der Waals surface area (Å²) < 4.78 is 4.94. The zero-order chi connectivity index (χ0) is 16.4. The third kappa shape index (κ3) is 3.51. The number of hydrogen-bond acceptors (Lipinski definition) is 5. The Morgan fingerprint density at radius 1 is 1.39 bits per heavy atom. The van der Waals surface area contributed by atoms with Gasteiger partial charge in [0, 0.05) is 10.6 Å². The Bertz CT molecular complexity index is 732. The van der Waals surface area contributed by atoms with Crippen LogP contribution < -0.4 is 0 Å². The predicted molar refractivity (Wildman–Crippen MR) is 86.1 cm³/mol. The molecule has 1 unspecified atom stereocenters. The summed E-state index contributed by atoms with van der Waals surface area (Å²) in [6.07, 6.45) is 2.88. The summed E-state index contributed by atoms with van der Waals surface area (Å²) in [6, 6.07) is 6.97. The summed E-state index contributed by atoms with van der Waals surface area (Å²) in [5, 5.41) is 10.7. The van der Waals surface area contributed by atoms with Crippen LogP contribution in [0.15, 0.2) is 30.6 Å². The Morgan fingerprint density at radius 2 is 2.17 bits per heavy atom. The van der Waals surface area contributed by atoms with E-state index in [4.69, 9.17) is 16.3 Å². The van der Waals surface area contributed by atoms with Crippen LogP contribution in [0, 0.1) is 5.92 Å². The molecule has 120 valence electrons. The number of aromatic nitrogens is 2. The first-order chi connectivity index (χ1) is 11.1. The van der Waals surface area contributed by atoms with Crippen LogP contribution in [0.4, 0.5) is 0 Å². The number of aliphatic hydroxyl groups is 1. The van der Waals surface area contributed by atoms with Crippen LogP contribution in [0.1, 0.15) is 41.9 Å². The van der Waals surface area contributed by atoms with E-state index in [1.165, 1.54) is 6.33 Å². The molecule has 5 nitrogen and oxygen atoms in total. The highest BCUT2D eigenvalue weighted by molar-refractivity contribution is 6.31. The van der Waals surface area contributed by atoms with Gasteiger partial charge in [-0.15, -0.1) is 0 Å². The number of rotatable bonds is 5. The van der Waals surface area contributed by atoms with Crippen molar-refractivity contribution in [2.24, 2.45) is 5.92 Å². The quantitative estimate of drug-likeness (QED) is 0.849. The number of esters is 1. The highest BCUT2D eigenvalue weighted by Gasteiger charge is 2.31. The highest BCUT2D eigenvalue weighted by atomic mass is 35.5. The molecule has 0 aliphatic heterocycles. The second-order valence-corrected chi connectivity index (χ2v) is 5.93. The molecule has 1 atom stereocenters. The average Bonchev–Trinajstić information content (AvgIpc) is 3.39. The molecule has 0 radical (unpaired) electrons. The van der Waals surface area contributed by atoms with Gasteiger partial charge in [0.25, 0.3) is 0 Å². The van der Waals surface area contributed by atoms with Gasteiger partial charge in [-0.3, -0.25) is 0 Å². The van der Waals surface area contributed by atoms with Crippen molar-refractivity contribution in [3.8, 4) is 11.3 Å². The number of carbonyl (C=O) groups is 1. The van der Waals surface area contributed by atoms with Gasteiger partial charge in [-0.2, -0.15) is 0 Å². The summed E-state index contributed by atoms with van der Waals surface area (Å²) >= 11 is 6.30. The standard InChI is InChI=1S/C17H17ClN2O3/c1-2-23-17(22)15-8-14(19-9-20-15)11-5-6-12(13(18)7-11)16(21)10-3-4-10/h5-10,16,21H,2-4H2,1H3. The van der Waals surface area contributed by atoms with Gasteiger partial charge in [0.2, 0.25) is 0 Å². The van der Waals surface area contributed by atoms with E-state index in [0.717, 1.165) is 24.0 Å². The van der Waals surface area contributed by atoms with Gasteiger partial charge < -0.3 is 9.84 Å². The first kappa shape index (κ1) is 15.9. The van der Waals surface area contributed by atoms with Gasteiger partial charge in [0.05, 0.1) is 18.4 Å². The van der Waals surface area contributed by atoms with Crippen molar-refractivity contribution in [1.29, 1.82) is 0 Å². The number of ether oxygens (including phenoxy) is 1. The second-order valence-electron chi connectivity index (χ2n) is 5.53. The lowest BCUT2D eigenvalue weighted by Crippen LogP contribution is -2.07. The number of benzene rings is 1. The largest absolute Gasteiger partial charge is 0.461 e. The van der Waals surface area contributed by atoms with Gasteiger partial charge in [-0.05, 0) is 43.4 Å². The molecule has 1 N–H and O–H groups in total. The van der Waals surface area contributed by atoms with Gasteiger partial charge >= 0.3 is 5.97 Å². The topological polar surface area (TPSA) is 72.3 Å². The van der Waals surface area contributed by atoms with Crippen molar-refractivity contribution < 1.29 is 14.6 Å². The number of aliphatic hydroxyl groups excluding tert-OH is 1. The molecule has 0 spiro atoms. The highest BCUT2D eigenvalue weighted by Crippen LogP contribution is 2.43. The van der Waals surface area contributed by atoms with Crippen LogP contribution in [0.2, 0.25) is 5.02 Å². The molecular formula is C17H17ClN2O3. The molecule has 1 fully saturated rings. The van der Waals surface area contributed by atoms with Crippen molar-refractivity contribution in [1.82, 2.24) is 9.97 Å². The van der Waals surface area contributed by atoms with Crippen molar-refractivity contribution in [3.05, 3.63) is 46.9 Å². The Kier molecular flexibility index (Phi) is 4.59. The zero-order valence-electron chi connectivity index (χ0n) is 12.7. The van der Waals surface area contributed by atoms with Gasteiger partial charge in [0.1, 0.15) is 6.33 Å². The average molecular weight is 333 g/mol. The van der Waals surface area contributed by atoms with Crippen LogP contribution in [0.25, 0.3) is 11.3 Å². The smallest absolute Gasteiger partial charge is 0.357 e. The van der Waals surface area contributed by atoms with E-state index in [9.17, 15) is 9.90 Å². The number of halogens is 1. The Labute approximate surface area is 139 Å². The van der Waals surface area contributed by atoms with E-state index in [-0.39, 0.29) is 12.3 Å². The summed E-state index contributed by atoms with van der Waals surface area (Å²) in [5.74, 6) is -0.171. The molecule has 6 heteroatoms. The molecule has 1 saturated carbocycles. The van der Waals surface area contributed by atoms with Crippen molar-refractivity contribution >= 4 is 17.6 Å². The monoisotopic (exact) mass is 332 g/mol. The van der Waals surface area contributed by atoms with Gasteiger partial charge in [0.15, 0.2) is 5.69 Å². The zero-order valence-corrected chi connectivity index (χ0v) is 13.5. The fourth-order valence-electron chi connectivity index (χ4n) is 2.42. The number of carbonyl (C=O) groups excluding carboxylic acids is 1. The first-order valence-electron chi connectivity index (χ1n) is 7.57. The first-order valence-corrected chi connectivity index (χ1v) is 7.95. The third-order valence-electron chi connectivity index (χ3n) is 3.84. The van der Waals surface area contributed by atoms with Gasteiger partial charge in [-0.25, -0.2) is 14.8 Å². The summed E-state index contributed by atoms with van der Waals surface area (Å²) in [7, 11) is 0. The molecule has 1 aliphatic carbocycles. The minimum atomic E-state index is -0.517. The molecular weight excluding hydrogens is 316 g/mol. The fraction of sp³-hybridized carbons (Fsp3) is 0.353. The van der Waals surface area contributed by atoms with E-state index in [1.807, 2.05) is 12.1 Å². The lowest BCUT2D eigenvalue weighted by atomic mass is 10.0. The minimum Gasteiger partial charge on any atom is -0.461 e. The van der Waals surface area contributed by atoms with Gasteiger partial charge in [-0.1, -0.05) is 23.7 Å². The molecule has 23 heavy (non-hydrogen) atoms. The summed E-state index contributed by atoms with van der Waals surface area (Å²) in [6.45, 7) is 2.03. The SMILES string of the molecule is CCOC(=O)c1cc(-c2ccc(C(O)C3CC3)c(Cl)c2)ncn1. The number of nitrogens with zero attached hydrogens (tertiary/aromatic N) is 2. The summed E-state index contributed by atoms with van der Waals surface area (Å²) in [4.78, 5) is 19.8. The molecule has 1 heterocycles. The van der Waals surface area contributed by atoms with E-state index in [0.29, 0.717) is 16.6 Å². The second kappa shape index (κ2) is 6.64. The lowest BCUT2D eigenvalue weighted by Gasteiger charge is -2.13.